The maximum Gasteiger partial charge on any atom is 0.0776 e. The Balaban J connectivity index is 2.83. The van der Waals surface area contributed by atoms with Crippen LogP contribution in [0.4, 0.5) is 0 Å². The third-order valence-corrected chi connectivity index (χ3v) is 3.42. The van der Waals surface area contributed by atoms with Crippen LogP contribution in [0, 0.1) is 0 Å². The van der Waals surface area contributed by atoms with E-state index in [2.05, 4.69) is 25.0 Å². The summed E-state index contributed by atoms with van der Waals surface area (Å²) in [6.07, 6.45) is 1.75. The fraction of sp³-hybridized carbons (Fsp3) is 0.769. The highest BCUT2D eigenvalue weighted by molar-refractivity contribution is 5.13. The largest absolute Gasteiger partial charge is 0.377 e. The van der Waals surface area contributed by atoms with Crippen LogP contribution in [0.1, 0.15) is 39.1 Å². The fourth-order valence-corrected chi connectivity index (χ4v) is 1.75. The number of hydrogen-bond acceptors (Lipinski definition) is 3. The molecule has 1 unspecified atom stereocenters. The maximum absolute atomic E-state index is 6.20. The summed E-state index contributed by atoms with van der Waals surface area (Å²) in [6.45, 7) is 9.14. The van der Waals surface area contributed by atoms with Crippen LogP contribution in [-0.4, -0.2) is 28.5 Å². The standard InChI is InChI=1S/C13H25N3O/c1-6-10-8-11(16(7-2)15-10)9-12(14)13(3,4)17-5/h8,12H,6-7,9,14H2,1-5H3. The molecule has 2 N–H and O–H groups in total. The van der Waals surface area contributed by atoms with Gasteiger partial charge in [0, 0.05) is 31.8 Å². The maximum atomic E-state index is 6.20. The molecule has 1 aromatic rings. The molecule has 0 bridgehead atoms. The monoisotopic (exact) mass is 239 g/mol. The number of hydrogen-bond donors (Lipinski definition) is 1. The number of methoxy groups -OCH3 is 1. The summed E-state index contributed by atoms with van der Waals surface area (Å²) in [5.74, 6) is 0. The van der Waals surface area contributed by atoms with Crippen LogP contribution in [0.25, 0.3) is 0 Å². The zero-order valence-electron chi connectivity index (χ0n) is 11.7. The van der Waals surface area contributed by atoms with E-state index in [0.29, 0.717) is 0 Å². The molecule has 0 aliphatic carbocycles. The summed E-state index contributed by atoms with van der Waals surface area (Å²) in [7, 11) is 1.70. The van der Waals surface area contributed by atoms with Crippen molar-refractivity contribution in [2.75, 3.05) is 7.11 Å². The predicted molar refractivity (Wildman–Crippen MR) is 70.0 cm³/mol. The second kappa shape index (κ2) is 5.65. The molecule has 1 heterocycles. The topological polar surface area (TPSA) is 53.1 Å². The van der Waals surface area contributed by atoms with Crippen molar-refractivity contribution in [3.05, 3.63) is 17.5 Å². The number of nitrogens with zero attached hydrogens (tertiary/aromatic N) is 2. The summed E-state index contributed by atoms with van der Waals surface area (Å²) >= 11 is 0. The van der Waals surface area contributed by atoms with Crippen molar-refractivity contribution in [3.63, 3.8) is 0 Å². The van der Waals surface area contributed by atoms with Crippen molar-refractivity contribution >= 4 is 0 Å². The van der Waals surface area contributed by atoms with Crippen LogP contribution in [0.3, 0.4) is 0 Å². The molecule has 0 aliphatic rings. The van der Waals surface area contributed by atoms with E-state index >= 15 is 0 Å². The second-order valence-corrected chi connectivity index (χ2v) is 4.91. The van der Waals surface area contributed by atoms with E-state index in [1.165, 1.54) is 5.69 Å². The molecule has 4 heteroatoms. The Morgan fingerprint density at radius 2 is 2.12 bits per heavy atom. The minimum atomic E-state index is -0.310. The van der Waals surface area contributed by atoms with Crippen molar-refractivity contribution in [1.29, 1.82) is 0 Å². The lowest BCUT2D eigenvalue weighted by Crippen LogP contribution is -2.46. The number of aryl methyl sites for hydroxylation is 2. The first-order valence-electron chi connectivity index (χ1n) is 6.30. The van der Waals surface area contributed by atoms with Gasteiger partial charge < -0.3 is 10.5 Å². The van der Waals surface area contributed by atoms with Gasteiger partial charge in [0.1, 0.15) is 0 Å². The summed E-state index contributed by atoms with van der Waals surface area (Å²) in [4.78, 5) is 0. The van der Waals surface area contributed by atoms with E-state index in [1.54, 1.807) is 7.11 Å². The molecule has 0 saturated carbocycles. The smallest absolute Gasteiger partial charge is 0.0776 e. The Bertz CT molecular complexity index is 358. The second-order valence-electron chi connectivity index (χ2n) is 4.91. The molecule has 0 radical (unpaired) electrons. The van der Waals surface area contributed by atoms with Crippen molar-refractivity contribution in [2.24, 2.45) is 5.73 Å². The van der Waals surface area contributed by atoms with Gasteiger partial charge in [-0.25, -0.2) is 0 Å². The lowest BCUT2D eigenvalue weighted by atomic mass is 9.95. The van der Waals surface area contributed by atoms with Gasteiger partial charge in [0.25, 0.3) is 0 Å². The normalized spacial score (nSPS) is 14.0. The zero-order chi connectivity index (χ0) is 13.1. The average Bonchev–Trinajstić information content (AvgIpc) is 2.71. The van der Waals surface area contributed by atoms with E-state index in [4.69, 9.17) is 10.5 Å². The van der Waals surface area contributed by atoms with Gasteiger partial charge in [-0.2, -0.15) is 5.10 Å². The Morgan fingerprint density at radius 3 is 2.59 bits per heavy atom. The summed E-state index contributed by atoms with van der Waals surface area (Å²) in [5, 5.41) is 4.53. The first-order valence-corrected chi connectivity index (χ1v) is 6.30. The molecular weight excluding hydrogens is 214 g/mol. The van der Waals surface area contributed by atoms with Gasteiger partial charge in [-0.15, -0.1) is 0 Å². The van der Waals surface area contributed by atoms with Gasteiger partial charge in [0.2, 0.25) is 0 Å². The first-order chi connectivity index (χ1) is 7.94. The van der Waals surface area contributed by atoms with Crippen LogP contribution in [0.15, 0.2) is 6.07 Å². The van der Waals surface area contributed by atoms with Gasteiger partial charge in [0.05, 0.1) is 11.3 Å². The highest BCUT2D eigenvalue weighted by atomic mass is 16.5. The number of aromatic nitrogens is 2. The predicted octanol–water partition coefficient (Wildman–Crippen LogP) is 1.76. The Hall–Kier alpha value is -0.870. The summed E-state index contributed by atoms with van der Waals surface area (Å²) in [5.41, 5.74) is 8.22. The van der Waals surface area contributed by atoms with Crippen LogP contribution in [0.2, 0.25) is 0 Å². The first kappa shape index (κ1) is 14.2. The zero-order valence-corrected chi connectivity index (χ0v) is 11.7. The number of rotatable bonds is 6. The Labute approximate surface area is 104 Å². The van der Waals surface area contributed by atoms with Gasteiger partial charge in [-0.1, -0.05) is 6.92 Å². The molecule has 0 aromatic carbocycles. The minimum absolute atomic E-state index is 0.0285. The summed E-state index contributed by atoms with van der Waals surface area (Å²) in [6, 6.07) is 2.12. The van der Waals surface area contributed by atoms with E-state index in [0.717, 1.165) is 25.1 Å². The van der Waals surface area contributed by atoms with Crippen LogP contribution >= 0.6 is 0 Å². The average molecular weight is 239 g/mol. The van der Waals surface area contributed by atoms with Crippen molar-refractivity contribution in [1.82, 2.24) is 9.78 Å². The third-order valence-electron chi connectivity index (χ3n) is 3.42. The van der Waals surface area contributed by atoms with E-state index < -0.39 is 0 Å². The molecule has 1 rings (SSSR count). The molecule has 4 nitrogen and oxygen atoms in total. The summed E-state index contributed by atoms with van der Waals surface area (Å²) < 4.78 is 7.46. The molecule has 98 valence electrons. The molecule has 0 amide bonds. The van der Waals surface area contributed by atoms with Crippen LogP contribution < -0.4 is 5.73 Å². The Morgan fingerprint density at radius 1 is 1.47 bits per heavy atom. The van der Waals surface area contributed by atoms with Crippen LogP contribution in [-0.2, 0) is 24.1 Å². The lowest BCUT2D eigenvalue weighted by Gasteiger charge is -2.30. The molecule has 0 spiro atoms. The van der Waals surface area contributed by atoms with E-state index in [1.807, 2.05) is 18.5 Å². The lowest BCUT2D eigenvalue weighted by molar-refractivity contribution is 0.000351. The van der Waals surface area contributed by atoms with Crippen molar-refractivity contribution < 1.29 is 4.74 Å². The Kier molecular flexibility index (Phi) is 4.71. The highest BCUT2D eigenvalue weighted by Gasteiger charge is 2.27. The molecule has 0 fully saturated rings. The number of ether oxygens (including phenoxy) is 1. The molecular formula is C13H25N3O. The quantitative estimate of drug-likeness (QED) is 0.823. The molecule has 0 aliphatic heterocycles. The van der Waals surface area contributed by atoms with E-state index in [-0.39, 0.29) is 11.6 Å². The number of nitrogens with two attached hydrogens (primary N) is 1. The molecule has 0 saturated heterocycles. The van der Waals surface area contributed by atoms with Gasteiger partial charge in [-0.3, -0.25) is 4.68 Å². The third kappa shape index (κ3) is 3.30. The molecule has 1 atom stereocenters. The molecule has 1 aromatic heterocycles. The van der Waals surface area contributed by atoms with Crippen molar-refractivity contribution in [3.8, 4) is 0 Å². The van der Waals surface area contributed by atoms with Gasteiger partial charge >= 0.3 is 0 Å². The highest BCUT2D eigenvalue weighted by Crippen LogP contribution is 2.17. The fourth-order valence-electron chi connectivity index (χ4n) is 1.75. The van der Waals surface area contributed by atoms with E-state index in [9.17, 15) is 0 Å². The van der Waals surface area contributed by atoms with Crippen LogP contribution in [0.5, 0.6) is 0 Å². The van der Waals surface area contributed by atoms with Gasteiger partial charge in [0.15, 0.2) is 0 Å². The van der Waals surface area contributed by atoms with Crippen molar-refractivity contribution in [2.45, 2.75) is 58.7 Å². The van der Waals surface area contributed by atoms with Gasteiger partial charge in [-0.05, 0) is 33.3 Å². The SMILES string of the molecule is CCc1cc(CC(N)C(C)(C)OC)n(CC)n1. The molecule has 17 heavy (non-hydrogen) atoms. The minimum Gasteiger partial charge on any atom is -0.377 e.